The SMILES string of the molecule is CC1(C)CN(C(=O)c2ccncc2F)CC(COc2ccccc2)O1. The fourth-order valence-corrected chi connectivity index (χ4v) is 2.96. The molecule has 2 heterocycles. The Kier molecular flexibility index (Phi) is 4.99. The number of carbonyl (C=O) groups is 1. The van der Waals surface area contributed by atoms with Gasteiger partial charge in [0, 0.05) is 12.7 Å². The molecule has 0 bridgehead atoms. The van der Waals surface area contributed by atoms with Gasteiger partial charge in [-0.2, -0.15) is 0 Å². The molecule has 1 atom stereocenters. The molecule has 5 nitrogen and oxygen atoms in total. The van der Waals surface area contributed by atoms with E-state index in [-0.39, 0.29) is 17.6 Å². The van der Waals surface area contributed by atoms with E-state index in [2.05, 4.69) is 4.98 Å². The Hall–Kier alpha value is -2.47. The van der Waals surface area contributed by atoms with Gasteiger partial charge in [0.05, 0.1) is 23.9 Å². The van der Waals surface area contributed by atoms with Crippen molar-refractivity contribution in [1.29, 1.82) is 0 Å². The number of benzene rings is 1. The number of hydrogen-bond acceptors (Lipinski definition) is 4. The van der Waals surface area contributed by atoms with E-state index in [9.17, 15) is 9.18 Å². The fraction of sp³-hybridized carbons (Fsp3) is 0.368. The summed E-state index contributed by atoms with van der Waals surface area (Å²) in [5, 5.41) is 0. The molecule has 0 saturated carbocycles. The van der Waals surface area contributed by atoms with Gasteiger partial charge in [0.2, 0.25) is 0 Å². The molecule has 3 rings (SSSR count). The van der Waals surface area contributed by atoms with Crippen LogP contribution in [0.5, 0.6) is 5.75 Å². The lowest BCUT2D eigenvalue weighted by Crippen LogP contribution is -2.56. The van der Waals surface area contributed by atoms with Gasteiger partial charge in [-0.25, -0.2) is 4.39 Å². The van der Waals surface area contributed by atoms with Crippen LogP contribution in [0.1, 0.15) is 24.2 Å². The Bertz CT molecular complexity index is 736. The molecule has 2 aromatic rings. The lowest BCUT2D eigenvalue weighted by atomic mass is 10.0. The van der Waals surface area contributed by atoms with Crippen molar-refractivity contribution >= 4 is 5.91 Å². The van der Waals surface area contributed by atoms with Crippen molar-refractivity contribution in [1.82, 2.24) is 9.88 Å². The third-order valence-corrected chi connectivity index (χ3v) is 3.95. The summed E-state index contributed by atoms with van der Waals surface area (Å²) in [4.78, 5) is 18.0. The number of amides is 1. The number of hydrogen-bond donors (Lipinski definition) is 0. The van der Waals surface area contributed by atoms with E-state index in [1.165, 1.54) is 12.3 Å². The molecule has 0 radical (unpaired) electrons. The first-order valence-corrected chi connectivity index (χ1v) is 8.19. The molecular weight excluding hydrogens is 323 g/mol. The molecule has 0 spiro atoms. The first-order chi connectivity index (χ1) is 11.9. The summed E-state index contributed by atoms with van der Waals surface area (Å²) in [6.07, 6.45) is 2.17. The zero-order valence-corrected chi connectivity index (χ0v) is 14.3. The molecule has 1 aromatic carbocycles. The Morgan fingerprint density at radius 2 is 2.12 bits per heavy atom. The molecule has 1 aliphatic rings. The van der Waals surface area contributed by atoms with E-state index in [1.54, 1.807) is 4.90 Å². The minimum atomic E-state index is -0.617. The van der Waals surface area contributed by atoms with Gasteiger partial charge >= 0.3 is 0 Å². The molecule has 25 heavy (non-hydrogen) atoms. The van der Waals surface area contributed by atoms with E-state index >= 15 is 0 Å². The van der Waals surface area contributed by atoms with Crippen molar-refractivity contribution in [3.05, 3.63) is 60.2 Å². The van der Waals surface area contributed by atoms with Crippen molar-refractivity contribution in [2.45, 2.75) is 25.6 Å². The minimum absolute atomic E-state index is 0.0235. The number of para-hydroxylation sites is 1. The maximum Gasteiger partial charge on any atom is 0.257 e. The van der Waals surface area contributed by atoms with E-state index in [0.717, 1.165) is 11.9 Å². The molecule has 1 fully saturated rings. The van der Waals surface area contributed by atoms with Gasteiger partial charge in [-0.05, 0) is 32.0 Å². The van der Waals surface area contributed by atoms with Crippen molar-refractivity contribution < 1.29 is 18.7 Å². The first-order valence-electron chi connectivity index (χ1n) is 8.19. The summed E-state index contributed by atoms with van der Waals surface area (Å²) in [6, 6.07) is 10.8. The molecular formula is C19H21FN2O3. The normalized spacial score (nSPS) is 19.5. The van der Waals surface area contributed by atoms with Gasteiger partial charge < -0.3 is 14.4 Å². The van der Waals surface area contributed by atoms with Crippen molar-refractivity contribution in [3.8, 4) is 5.75 Å². The summed E-state index contributed by atoms with van der Waals surface area (Å²) in [7, 11) is 0. The third-order valence-electron chi connectivity index (χ3n) is 3.95. The molecule has 132 valence electrons. The quantitative estimate of drug-likeness (QED) is 0.856. The van der Waals surface area contributed by atoms with Crippen molar-refractivity contribution in [2.24, 2.45) is 0 Å². The predicted molar refractivity (Wildman–Crippen MR) is 91.0 cm³/mol. The number of nitrogens with zero attached hydrogens (tertiary/aromatic N) is 2. The van der Waals surface area contributed by atoms with Crippen LogP contribution >= 0.6 is 0 Å². The van der Waals surface area contributed by atoms with Gasteiger partial charge in [0.25, 0.3) is 5.91 Å². The Morgan fingerprint density at radius 1 is 1.36 bits per heavy atom. The number of rotatable bonds is 4. The van der Waals surface area contributed by atoms with Crippen LogP contribution in [-0.2, 0) is 4.74 Å². The standard InChI is InChI=1S/C19H21FN2O3/c1-19(2)13-22(18(23)16-8-9-21-10-17(16)20)11-15(25-19)12-24-14-6-4-3-5-7-14/h3-10,15H,11-13H2,1-2H3. The maximum absolute atomic E-state index is 13.9. The average Bonchev–Trinajstić information content (AvgIpc) is 2.59. The Labute approximate surface area is 146 Å². The number of pyridine rings is 1. The number of carbonyl (C=O) groups excluding carboxylic acids is 1. The highest BCUT2D eigenvalue weighted by molar-refractivity contribution is 5.94. The summed E-state index contributed by atoms with van der Waals surface area (Å²) in [6.45, 7) is 4.86. The van der Waals surface area contributed by atoms with Crippen LogP contribution in [0.4, 0.5) is 4.39 Å². The highest BCUT2D eigenvalue weighted by atomic mass is 19.1. The van der Waals surface area contributed by atoms with Gasteiger partial charge in [-0.3, -0.25) is 9.78 Å². The molecule has 1 aromatic heterocycles. The summed E-state index contributed by atoms with van der Waals surface area (Å²) < 4.78 is 25.7. The van der Waals surface area contributed by atoms with Gasteiger partial charge in [0.15, 0.2) is 5.82 Å². The molecule has 1 aliphatic heterocycles. The summed E-state index contributed by atoms with van der Waals surface area (Å²) >= 11 is 0. The fourth-order valence-electron chi connectivity index (χ4n) is 2.96. The lowest BCUT2D eigenvalue weighted by molar-refractivity contribution is -0.136. The van der Waals surface area contributed by atoms with Crippen LogP contribution in [0.2, 0.25) is 0 Å². The summed E-state index contributed by atoms with van der Waals surface area (Å²) in [5.74, 6) is -0.234. The smallest absolute Gasteiger partial charge is 0.257 e. The highest BCUT2D eigenvalue weighted by Gasteiger charge is 2.36. The molecule has 1 amide bonds. The third kappa shape index (κ3) is 4.33. The van der Waals surface area contributed by atoms with Gasteiger partial charge in [-0.15, -0.1) is 0 Å². The topological polar surface area (TPSA) is 51.7 Å². The van der Waals surface area contributed by atoms with Crippen LogP contribution in [0.15, 0.2) is 48.8 Å². The zero-order valence-electron chi connectivity index (χ0n) is 14.3. The van der Waals surface area contributed by atoms with Crippen molar-refractivity contribution in [2.75, 3.05) is 19.7 Å². The monoisotopic (exact) mass is 344 g/mol. The minimum Gasteiger partial charge on any atom is -0.491 e. The highest BCUT2D eigenvalue weighted by Crippen LogP contribution is 2.24. The van der Waals surface area contributed by atoms with Crippen molar-refractivity contribution in [3.63, 3.8) is 0 Å². The van der Waals surface area contributed by atoms with Crippen LogP contribution in [0.25, 0.3) is 0 Å². The van der Waals surface area contributed by atoms with E-state index in [4.69, 9.17) is 9.47 Å². The predicted octanol–water partition coefficient (Wildman–Crippen LogP) is 2.92. The zero-order chi connectivity index (χ0) is 17.9. The lowest BCUT2D eigenvalue weighted by Gasteiger charge is -2.42. The number of halogens is 1. The largest absolute Gasteiger partial charge is 0.491 e. The molecule has 1 saturated heterocycles. The van der Waals surface area contributed by atoms with Crippen LogP contribution in [0.3, 0.4) is 0 Å². The Morgan fingerprint density at radius 3 is 2.84 bits per heavy atom. The second kappa shape index (κ2) is 7.19. The number of morpholine rings is 1. The van der Waals surface area contributed by atoms with E-state index < -0.39 is 11.4 Å². The molecule has 0 aliphatic carbocycles. The van der Waals surface area contributed by atoms with E-state index in [1.807, 2.05) is 44.2 Å². The molecule has 1 unspecified atom stereocenters. The van der Waals surface area contributed by atoms with Crippen LogP contribution < -0.4 is 4.74 Å². The average molecular weight is 344 g/mol. The molecule has 6 heteroatoms. The molecule has 0 N–H and O–H groups in total. The maximum atomic E-state index is 13.9. The van der Waals surface area contributed by atoms with Gasteiger partial charge in [-0.1, -0.05) is 18.2 Å². The number of aromatic nitrogens is 1. The summed E-state index contributed by atoms with van der Waals surface area (Å²) in [5.41, 5.74) is -0.516. The number of ether oxygens (including phenoxy) is 2. The van der Waals surface area contributed by atoms with Crippen LogP contribution in [0, 0.1) is 5.82 Å². The van der Waals surface area contributed by atoms with E-state index in [0.29, 0.717) is 19.7 Å². The van der Waals surface area contributed by atoms with Crippen LogP contribution in [-0.4, -0.2) is 47.2 Å². The van der Waals surface area contributed by atoms with Gasteiger partial charge in [0.1, 0.15) is 18.5 Å². The second-order valence-corrected chi connectivity index (χ2v) is 6.66. The first kappa shape index (κ1) is 17.4. The second-order valence-electron chi connectivity index (χ2n) is 6.66. The Balaban J connectivity index is 1.70.